The predicted octanol–water partition coefficient (Wildman–Crippen LogP) is 3.06. The van der Waals surface area contributed by atoms with Gasteiger partial charge in [-0.25, -0.2) is 23.3 Å². The van der Waals surface area contributed by atoms with Gasteiger partial charge in [-0.2, -0.15) is 0 Å². The number of hydrogen-bond acceptors (Lipinski definition) is 5. The van der Waals surface area contributed by atoms with Crippen molar-refractivity contribution in [2.24, 2.45) is 0 Å². The van der Waals surface area contributed by atoms with E-state index in [2.05, 4.69) is 10.1 Å². The number of halogens is 1. The van der Waals surface area contributed by atoms with Gasteiger partial charge in [-0.3, -0.25) is 4.79 Å². The van der Waals surface area contributed by atoms with Crippen molar-refractivity contribution in [3.63, 3.8) is 0 Å². The Morgan fingerprint density at radius 1 is 1.07 bits per heavy atom. The maximum atomic E-state index is 13.0. The number of Topliss-reactive ketones (excluding diaryl/α,β-unsaturated/α-hetero) is 1. The molecule has 0 aliphatic carbocycles. The Kier molecular flexibility index (Phi) is 4.55. The summed E-state index contributed by atoms with van der Waals surface area (Å²) in [6.45, 7) is -0.229. The van der Waals surface area contributed by atoms with Crippen LogP contribution in [-0.2, 0) is 6.54 Å². The van der Waals surface area contributed by atoms with Gasteiger partial charge in [0.05, 0.1) is 0 Å². The van der Waals surface area contributed by atoms with Crippen LogP contribution in [0.5, 0.6) is 0 Å². The van der Waals surface area contributed by atoms with E-state index in [1.807, 2.05) is 30.3 Å². The highest BCUT2D eigenvalue weighted by Crippen LogP contribution is 2.25. The van der Waals surface area contributed by atoms with Gasteiger partial charge in [-0.15, -0.1) is 5.10 Å². The first kappa shape index (κ1) is 17.2. The van der Waals surface area contributed by atoms with Crippen molar-refractivity contribution in [3.05, 3.63) is 88.9 Å². The summed E-state index contributed by atoms with van der Waals surface area (Å²) in [5.41, 5.74) is 0.267. The van der Waals surface area contributed by atoms with Crippen molar-refractivity contribution in [3.8, 4) is 0 Å². The molecule has 0 N–H and O–H groups in total. The van der Waals surface area contributed by atoms with E-state index >= 15 is 0 Å². The third-order valence-electron chi connectivity index (χ3n) is 3.88. The SMILES string of the molecule is O=C(Cn1nc2cc(Sc3ccccc3)ncn2c1=O)c1ccc(F)cc1. The number of hydrogen-bond donors (Lipinski definition) is 0. The molecule has 0 saturated heterocycles. The number of benzene rings is 2. The molecule has 4 aromatic rings. The van der Waals surface area contributed by atoms with Gasteiger partial charge in [0.15, 0.2) is 11.4 Å². The third kappa shape index (κ3) is 3.65. The van der Waals surface area contributed by atoms with Crippen molar-refractivity contribution in [2.45, 2.75) is 16.5 Å². The zero-order chi connectivity index (χ0) is 18.8. The summed E-state index contributed by atoms with van der Waals surface area (Å²) in [6, 6.07) is 16.6. The second kappa shape index (κ2) is 7.16. The normalized spacial score (nSPS) is 11.0. The molecule has 0 amide bonds. The Hall–Kier alpha value is -3.26. The molecule has 0 radical (unpaired) electrons. The highest BCUT2D eigenvalue weighted by molar-refractivity contribution is 7.99. The third-order valence-corrected chi connectivity index (χ3v) is 4.82. The monoisotopic (exact) mass is 380 g/mol. The van der Waals surface area contributed by atoms with Crippen LogP contribution in [0.15, 0.2) is 81.7 Å². The smallest absolute Gasteiger partial charge is 0.292 e. The van der Waals surface area contributed by atoms with Gasteiger partial charge in [0.1, 0.15) is 23.7 Å². The molecule has 0 spiro atoms. The van der Waals surface area contributed by atoms with Crippen molar-refractivity contribution < 1.29 is 9.18 Å². The molecule has 2 heterocycles. The number of nitrogens with zero attached hydrogens (tertiary/aromatic N) is 4. The van der Waals surface area contributed by atoms with Gasteiger partial charge in [0.25, 0.3) is 0 Å². The predicted molar refractivity (Wildman–Crippen MR) is 98.5 cm³/mol. The van der Waals surface area contributed by atoms with Crippen molar-refractivity contribution in [1.29, 1.82) is 0 Å². The Balaban J connectivity index is 1.60. The summed E-state index contributed by atoms with van der Waals surface area (Å²) in [4.78, 5) is 30.0. The van der Waals surface area contributed by atoms with Gasteiger partial charge in [-0.05, 0) is 36.4 Å². The van der Waals surface area contributed by atoms with Gasteiger partial charge in [0, 0.05) is 16.5 Å². The van der Waals surface area contributed by atoms with Gasteiger partial charge in [0.2, 0.25) is 0 Å². The van der Waals surface area contributed by atoms with E-state index in [0.29, 0.717) is 16.2 Å². The molecule has 6 nitrogen and oxygen atoms in total. The van der Waals surface area contributed by atoms with Crippen LogP contribution in [0.3, 0.4) is 0 Å². The van der Waals surface area contributed by atoms with E-state index in [1.165, 1.54) is 46.8 Å². The average molecular weight is 380 g/mol. The standard InChI is InChI=1S/C19H13FN4O2S/c20-14-8-6-13(7-9-14)16(25)11-24-19(26)23-12-21-18(10-17(23)22-24)27-15-4-2-1-3-5-15/h1-10,12H,11H2. The van der Waals surface area contributed by atoms with E-state index in [4.69, 9.17) is 0 Å². The van der Waals surface area contributed by atoms with Crippen LogP contribution in [0.1, 0.15) is 10.4 Å². The van der Waals surface area contributed by atoms with Gasteiger partial charge >= 0.3 is 5.69 Å². The van der Waals surface area contributed by atoms with Gasteiger partial charge in [-0.1, -0.05) is 30.0 Å². The van der Waals surface area contributed by atoms with Crippen LogP contribution in [-0.4, -0.2) is 24.9 Å². The molecule has 0 atom stereocenters. The molecule has 0 saturated carbocycles. The average Bonchev–Trinajstić information content (AvgIpc) is 2.98. The summed E-state index contributed by atoms with van der Waals surface area (Å²) >= 11 is 1.45. The lowest BCUT2D eigenvalue weighted by Crippen LogP contribution is -2.25. The second-order valence-corrected chi connectivity index (χ2v) is 6.83. The number of ketones is 1. The molecule has 134 valence electrons. The summed E-state index contributed by atoms with van der Waals surface area (Å²) in [7, 11) is 0. The highest BCUT2D eigenvalue weighted by atomic mass is 32.2. The van der Waals surface area contributed by atoms with Crippen molar-refractivity contribution in [2.75, 3.05) is 0 Å². The molecule has 8 heteroatoms. The molecule has 0 bridgehead atoms. The van der Waals surface area contributed by atoms with Crippen LogP contribution >= 0.6 is 11.8 Å². The maximum Gasteiger partial charge on any atom is 0.352 e. The van der Waals surface area contributed by atoms with Crippen LogP contribution in [0.25, 0.3) is 5.65 Å². The van der Waals surface area contributed by atoms with Crippen molar-refractivity contribution in [1.82, 2.24) is 19.2 Å². The van der Waals surface area contributed by atoms with E-state index in [1.54, 1.807) is 6.07 Å². The first-order valence-electron chi connectivity index (χ1n) is 8.07. The molecule has 2 aromatic carbocycles. The first-order valence-corrected chi connectivity index (χ1v) is 8.89. The zero-order valence-corrected chi connectivity index (χ0v) is 14.8. The summed E-state index contributed by atoms with van der Waals surface area (Å²) in [5, 5.41) is 4.91. The van der Waals surface area contributed by atoms with Crippen LogP contribution in [0.2, 0.25) is 0 Å². The van der Waals surface area contributed by atoms with Crippen LogP contribution in [0, 0.1) is 5.82 Å². The molecule has 0 aliphatic rings. The molecule has 0 fully saturated rings. The first-order chi connectivity index (χ1) is 13.1. The Morgan fingerprint density at radius 3 is 2.56 bits per heavy atom. The number of fused-ring (bicyclic) bond motifs is 1. The lowest BCUT2D eigenvalue weighted by atomic mass is 10.1. The van der Waals surface area contributed by atoms with Crippen LogP contribution in [0.4, 0.5) is 4.39 Å². The molecule has 0 aliphatic heterocycles. The van der Waals surface area contributed by atoms with E-state index in [9.17, 15) is 14.0 Å². The van der Waals surface area contributed by atoms with E-state index in [-0.39, 0.29) is 12.3 Å². The zero-order valence-electron chi connectivity index (χ0n) is 13.9. The number of carbonyl (C=O) groups excluding carboxylic acids is 1. The molecule has 27 heavy (non-hydrogen) atoms. The molecule has 2 aromatic heterocycles. The fourth-order valence-electron chi connectivity index (χ4n) is 2.54. The Labute approximate surface area is 157 Å². The molecule has 4 rings (SSSR count). The molecular weight excluding hydrogens is 367 g/mol. The number of carbonyl (C=O) groups is 1. The number of aromatic nitrogens is 4. The Morgan fingerprint density at radius 2 is 1.81 bits per heavy atom. The largest absolute Gasteiger partial charge is 0.352 e. The Bertz CT molecular complexity index is 1170. The fourth-order valence-corrected chi connectivity index (χ4v) is 3.34. The van der Waals surface area contributed by atoms with Crippen molar-refractivity contribution >= 4 is 23.2 Å². The van der Waals surface area contributed by atoms with E-state index < -0.39 is 11.5 Å². The highest BCUT2D eigenvalue weighted by Gasteiger charge is 2.13. The quantitative estimate of drug-likeness (QED) is 0.393. The van der Waals surface area contributed by atoms with E-state index in [0.717, 1.165) is 9.58 Å². The fraction of sp³-hybridized carbons (Fsp3) is 0.0526. The lowest BCUT2D eigenvalue weighted by molar-refractivity contribution is 0.0966. The maximum absolute atomic E-state index is 13.0. The lowest BCUT2D eigenvalue weighted by Gasteiger charge is -2.00. The van der Waals surface area contributed by atoms with Crippen LogP contribution < -0.4 is 5.69 Å². The molecular formula is C19H13FN4O2S. The summed E-state index contributed by atoms with van der Waals surface area (Å²) in [5.74, 6) is -0.752. The minimum Gasteiger partial charge on any atom is -0.292 e. The second-order valence-electron chi connectivity index (χ2n) is 5.74. The molecule has 0 unspecified atom stereocenters. The van der Waals surface area contributed by atoms with Gasteiger partial charge < -0.3 is 0 Å². The summed E-state index contributed by atoms with van der Waals surface area (Å²) < 4.78 is 15.4. The minimum absolute atomic E-state index is 0.229. The minimum atomic E-state index is -0.454. The summed E-state index contributed by atoms with van der Waals surface area (Å²) in [6.07, 6.45) is 1.40. The topological polar surface area (TPSA) is 69.3 Å². The number of rotatable bonds is 5.